The lowest BCUT2D eigenvalue weighted by atomic mass is 9.98. The summed E-state index contributed by atoms with van der Waals surface area (Å²) < 4.78 is 1.30. The van der Waals surface area contributed by atoms with E-state index >= 15 is 0 Å². The summed E-state index contributed by atoms with van der Waals surface area (Å²) in [7, 11) is 0. The highest BCUT2D eigenvalue weighted by Gasteiger charge is 2.16. The maximum atomic E-state index is 5.78. The van der Waals surface area contributed by atoms with E-state index in [2.05, 4.69) is 66.3 Å². The largest absolute Gasteiger partial charge is 0.271 e. The molecule has 0 saturated carbocycles. The minimum Gasteiger partial charge on any atom is -0.271 e. The summed E-state index contributed by atoms with van der Waals surface area (Å²) in [6.45, 7) is 2.09. The van der Waals surface area contributed by atoms with E-state index in [0.29, 0.717) is 0 Å². The fraction of sp³-hybridized carbons (Fsp3) is 0.125. The quantitative estimate of drug-likeness (QED) is 0.560. The molecule has 0 aliphatic rings. The Kier molecular flexibility index (Phi) is 3.34. The van der Waals surface area contributed by atoms with Crippen LogP contribution in [0.5, 0.6) is 0 Å². The van der Waals surface area contributed by atoms with Crippen LogP contribution in [0.15, 0.2) is 53.9 Å². The van der Waals surface area contributed by atoms with Crippen LogP contribution in [-0.4, -0.2) is 0 Å². The molecule has 1 aromatic heterocycles. The van der Waals surface area contributed by atoms with E-state index in [4.69, 9.17) is 5.84 Å². The van der Waals surface area contributed by atoms with E-state index in [1.54, 1.807) is 11.3 Å². The van der Waals surface area contributed by atoms with Gasteiger partial charge in [-0.3, -0.25) is 5.84 Å². The molecule has 1 atom stereocenters. The summed E-state index contributed by atoms with van der Waals surface area (Å²) >= 11 is 1.76. The zero-order valence-electron chi connectivity index (χ0n) is 10.8. The van der Waals surface area contributed by atoms with Crippen LogP contribution < -0.4 is 11.3 Å². The molecule has 3 rings (SSSR count). The molecule has 0 saturated heterocycles. The molecular formula is C16H16N2S. The highest BCUT2D eigenvalue weighted by atomic mass is 32.1. The van der Waals surface area contributed by atoms with Crippen LogP contribution in [0.2, 0.25) is 0 Å². The maximum absolute atomic E-state index is 5.78. The summed E-state index contributed by atoms with van der Waals surface area (Å²) in [5, 5.41) is 3.46. The van der Waals surface area contributed by atoms with Gasteiger partial charge in [-0.1, -0.05) is 48.0 Å². The Labute approximate surface area is 116 Å². The minimum absolute atomic E-state index is 0.0387. The minimum atomic E-state index is 0.0387. The van der Waals surface area contributed by atoms with Gasteiger partial charge in [0, 0.05) is 4.70 Å². The van der Waals surface area contributed by atoms with Crippen LogP contribution in [-0.2, 0) is 0 Å². The Hall–Kier alpha value is -1.68. The molecule has 2 nitrogen and oxygen atoms in total. The van der Waals surface area contributed by atoms with Crippen molar-refractivity contribution in [2.24, 2.45) is 5.84 Å². The summed E-state index contributed by atoms with van der Waals surface area (Å²) in [6.07, 6.45) is 0. The van der Waals surface area contributed by atoms with Gasteiger partial charge in [0.15, 0.2) is 0 Å². The molecule has 1 unspecified atom stereocenters. The van der Waals surface area contributed by atoms with Crippen molar-refractivity contribution in [3.05, 3.63) is 70.6 Å². The van der Waals surface area contributed by atoms with Gasteiger partial charge in [0.2, 0.25) is 0 Å². The molecule has 0 spiro atoms. The van der Waals surface area contributed by atoms with Gasteiger partial charge >= 0.3 is 0 Å². The highest BCUT2D eigenvalue weighted by molar-refractivity contribution is 7.17. The fourth-order valence-electron chi connectivity index (χ4n) is 2.35. The zero-order valence-corrected chi connectivity index (χ0v) is 11.6. The molecule has 3 aromatic rings. The first-order valence-electron chi connectivity index (χ1n) is 6.28. The molecule has 0 bridgehead atoms. The first-order valence-corrected chi connectivity index (χ1v) is 7.16. The average molecular weight is 268 g/mol. The summed E-state index contributed by atoms with van der Waals surface area (Å²) in [5.74, 6) is 5.78. The van der Waals surface area contributed by atoms with Gasteiger partial charge in [0.25, 0.3) is 0 Å². The summed E-state index contributed by atoms with van der Waals surface area (Å²) in [5.41, 5.74) is 6.63. The van der Waals surface area contributed by atoms with Crippen LogP contribution in [0.3, 0.4) is 0 Å². The molecule has 0 fully saturated rings. The number of benzene rings is 2. The van der Waals surface area contributed by atoms with Gasteiger partial charge in [-0.15, -0.1) is 11.3 Å². The molecule has 19 heavy (non-hydrogen) atoms. The first kappa shape index (κ1) is 12.4. The van der Waals surface area contributed by atoms with Crippen molar-refractivity contribution in [3.63, 3.8) is 0 Å². The van der Waals surface area contributed by atoms with Crippen LogP contribution in [0.4, 0.5) is 0 Å². The van der Waals surface area contributed by atoms with E-state index in [9.17, 15) is 0 Å². The predicted octanol–water partition coefficient (Wildman–Crippen LogP) is 3.76. The SMILES string of the molecule is Cc1ccc(C(NN)c2csc3ccccc23)cc1. The molecule has 2 aromatic carbocycles. The third-order valence-corrected chi connectivity index (χ3v) is 4.38. The molecule has 3 heteroatoms. The van der Waals surface area contributed by atoms with Gasteiger partial charge in [0.1, 0.15) is 0 Å². The van der Waals surface area contributed by atoms with E-state index in [1.165, 1.54) is 26.8 Å². The Balaban J connectivity index is 2.09. The normalized spacial score (nSPS) is 12.7. The Morgan fingerprint density at radius 1 is 1.05 bits per heavy atom. The van der Waals surface area contributed by atoms with Crippen LogP contribution >= 0.6 is 11.3 Å². The first-order chi connectivity index (χ1) is 9.29. The number of hydrazine groups is 1. The Morgan fingerprint density at radius 3 is 2.53 bits per heavy atom. The molecular weight excluding hydrogens is 252 g/mol. The number of nitrogens with two attached hydrogens (primary N) is 1. The van der Waals surface area contributed by atoms with Gasteiger partial charge in [-0.25, -0.2) is 5.43 Å². The Morgan fingerprint density at radius 2 is 1.79 bits per heavy atom. The lowest BCUT2D eigenvalue weighted by molar-refractivity contribution is 0.642. The van der Waals surface area contributed by atoms with Crippen molar-refractivity contribution >= 4 is 21.4 Å². The van der Waals surface area contributed by atoms with Crippen LogP contribution in [0.25, 0.3) is 10.1 Å². The third kappa shape index (κ3) is 2.28. The lowest BCUT2D eigenvalue weighted by Crippen LogP contribution is -2.28. The number of fused-ring (bicyclic) bond motifs is 1. The second-order valence-electron chi connectivity index (χ2n) is 4.70. The smallest absolute Gasteiger partial charge is 0.0724 e. The standard InChI is InChI=1S/C16H16N2S/c1-11-6-8-12(9-7-11)16(18-17)14-10-19-15-5-3-2-4-13(14)15/h2-10,16,18H,17H2,1H3. The predicted molar refractivity (Wildman–Crippen MR) is 82.2 cm³/mol. The average Bonchev–Trinajstić information content (AvgIpc) is 2.86. The zero-order chi connectivity index (χ0) is 13.2. The van der Waals surface area contributed by atoms with Crippen molar-refractivity contribution in [1.82, 2.24) is 5.43 Å². The van der Waals surface area contributed by atoms with Gasteiger partial charge in [-0.05, 0) is 34.9 Å². The summed E-state index contributed by atoms with van der Waals surface area (Å²) in [4.78, 5) is 0. The van der Waals surface area contributed by atoms with Gasteiger partial charge < -0.3 is 0 Å². The Bertz CT molecular complexity index is 685. The second kappa shape index (κ2) is 5.13. The molecule has 0 radical (unpaired) electrons. The van der Waals surface area contributed by atoms with E-state index in [0.717, 1.165) is 0 Å². The van der Waals surface area contributed by atoms with Crippen LogP contribution in [0, 0.1) is 6.92 Å². The number of hydrogen-bond donors (Lipinski definition) is 2. The lowest BCUT2D eigenvalue weighted by Gasteiger charge is -2.16. The molecule has 96 valence electrons. The van der Waals surface area contributed by atoms with E-state index in [1.807, 2.05) is 0 Å². The number of nitrogens with one attached hydrogen (secondary N) is 1. The topological polar surface area (TPSA) is 38.0 Å². The van der Waals surface area contributed by atoms with Crippen molar-refractivity contribution in [1.29, 1.82) is 0 Å². The van der Waals surface area contributed by atoms with Gasteiger partial charge in [-0.2, -0.15) is 0 Å². The third-order valence-electron chi connectivity index (χ3n) is 3.40. The van der Waals surface area contributed by atoms with Crippen molar-refractivity contribution in [2.75, 3.05) is 0 Å². The maximum Gasteiger partial charge on any atom is 0.0724 e. The molecule has 3 N–H and O–H groups in total. The van der Waals surface area contributed by atoms with Gasteiger partial charge in [0.05, 0.1) is 6.04 Å². The van der Waals surface area contributed by atoms with Crippen LogP contribution in [0.1, 0.15) is 22.7 Å². The fourth-order valence-corrected chi connectivity index (χ4v) is 3.33. The molecule has 0 aliphatic carbocycles. The van der Waals surface area contributed by atoms with Crippen molar-refractivity contribution in [2.45, 2.75) is 13.0 Å². The number of hydrogen-bond acceptors (Lipinski definition) is 3. The van der Waals surface area contributed by atoms with Crippen molar-refractivity contribution in [3.8, 4) is 0 Å². The number of aryl methyl sites for hydroxylation is 1. The van der Waals surface area contributed by atoms with Crippen molar-refractivity contribution < 1.29 is 0 Å². The van der Waals surface area contributed by atoms with E-state index in [-0.39, 0.29) is 6.04 Å². The van der Waals surface area contributed by atoms with E-state index < -0.39 is 0 Å². The second-order valence-corrected chi connectivity index (χ2v) is 5.61. The number of thiophene rings is 1. The molecule has 0 amide bonds. The molecule has 0 aliphatic heterocycles. The highest BCUT2D eigenvalue weighted by Crippen LogP contribution is 2.33. The monoisotopic (exact) mass is 268 g/mol. The number of rotatable bonds is 3. The summed E-state index contributed by atoms with van der Waals surface area (Å²) in [6, 6.07) is 17.0. The molecule has 1 heterocycles.